The van der Waals surface area contributed by atoms with Crippen molar-refractivity contribution < 1.29 is 19.8 Å². The third-order valence-electron chi connectivity index (χ3n) is 3.58. The molecule has 0 bridgehead atoms. The van der Waals surface area contributed by atoms with Gasteiger partial charge >= 0.3 is 5.97 Å². The number of aliphatic hydroxyl groups excluding tert-OH is 1. The molecule has 5 heteroatoms. The summed E-state index contributed by atoms with van der Waals surface area (Å²) in [4.78, 5) is 24.9. The van der Waals surface area contributed by atoms with Crippen LogP contribution in [-0.4, -0.2) is 28.2 Å². The van der Waals surface area contributed by atoms with Crippen molar-refractivity contribution in [1.82, 2.24) is 0 Å². The molecule has 2 aromatic carbocycles. The van der Waals surface area contributed by atoms with Gasteiger partial charge in [0.05, 0.1) is 5.69 Å². The van der Waals surface area contributed by atoms with Crippen LogP contribution in [0.1, 0.15) is 22.0 Å². The Morgan fingerprint density at radius 3 is 2.29 bits per heavy atom. The van der Waals surface area contributed by atoms with E-state index in [1.165, 1.54) is 4.90 Å². The van der Waals surface area contributed by atoms with Crippen LogP contribution < -0.4 is 4.90 Å². The van der Waals surface area contributed by atoms with Crippen molar-refractivity contribution in [3.8, 4) is 0 Å². The molecule has 3 rings (SSSR count). The van der Waals surface area contributed by atoms with Gasteiger partial charge in [-0.1, -0.05) is 36.4 Å². The maximum absolute atomic E-state index is 12.5. The quantitative estimate of drug-likeness (QED) is 0.901. The van der Waals surface area contributed by atoms with E-state index in [2.05, 4.69) is 0 Å². The van der Waals surface area contributed by atoms with Crippen molar-refractivity contribution in [2.45, 2.75) is 12.1 Å². The van der Waals surface area contributed by atoms with Gasteiger partial charge in [0.25, 0.3) is 5.91 Å². The molecule has 0 unspecified atom stereocenters. The Hall–Kier alpha value is -2.66. The average Bonchev–Trinajstić information content (AvgIpc) is 2.49. The van der Waals surface area contributed by atoms with Crippen LogP contribution in [0.2, 0.25) is 0 Å². The van der Waals surface area contributed by atoms with Crippen molar-refractivity contribution >= 4 is 17.6 Å². The third-order valence-corrected chi connectivity index (χ3v) is 3.58. The molecule has 106 valence electrons. The Morgan fingerprint density at radius 2 is 1.62 bits per heavy atom. The fraction of sp³-hybridized carbons (Fsp3) is 0.125. The summed E-state index contributed by atoms with van der Waals surface area (Å²) in [7, 11) is 0. The van der Waals surface area contributed by atoms with E-state index >= 15 is 0 Å². The van der Waals surface area contributed by atoms with Crippen LogP contribution in [0.4, 0.5) is 5.69 Å². The molecule has 0 spiro atoms. The number of nitrogens with zero attached hydrogens (tertiary/aromatic N) is 1. The van der Waals surface area contributed by atoms with Gasteiger partial charge in [0.15, 0.2) is 6.10 Å². The number of aliphatic hydroxyl groups is 1. The highest BCUT2D eigenvalue weighted by atomic mass is 16.4. The second-order valence-electron chi connectivity index (χ2n) is 4.83. The first-order chi connectivity index (χ1) is 10.1. The predicted octanol–water partition coefficient (Wildman–Crippen LogP) is 1.83. The van der Waals surface area contributed by atoms with Crippen LogP contribution in [0, 0.1) is 0 Å². The van der Waals surface area contributed by atoms with Gasteiger partial charge in [-0.05, 0) is 18.2 Å². The lowest BCUT2D eigenvalue weighted by molar-refractivity contribution is -0.148. The van der Waals surface area contributed by atoms with Crippen LogP contribution in [-0.2, 0) is 4.79 Å². The fourth-order valence-corrected chi connectivity index (χ4v) is 2.58. The minimum absolute atomic E-state index is 0.320. The Balaban J connectivity index is 2.01. The molecule has 2 N–H and O–H groups in total. The molecule has 1 amide bonds. The molecule has 0 saturated carbocycles. The second-order valence-corrected chi connectivity index (χ2v) is 4.83. The maximum Gasteiger partial charge on any atom is 0.335 e. The molecule has 1 aliphatic heterocycles. The van der Waals surface area contributed by atoms with Crippen molar-refractivity contribution in [3.05, 3.63) is 65.7 Å². The van der Waals surface area contributed by atoms with E-state index in [4.69, 9.17) is 5.11 Å². The number of amides is 1. The molecule has 0 fully saturated rings. The van der Waals surface area contributed by atoms with E-state index in [-0.39, 0.29) is 5.91 Å². The maximum atomic E-state index is 12.5. The van der Waals surface area contributed by atoms with Gasteiger partial charge in [-0.15, -0.1) is 0 Å². The van der Waals surface area contributed by atoms with Crippen molar-refractivity contribution in [2.75, 3.05) is 4.90 Å². The van der Waals surface area contributed by atoms with E-state index in [9.17, 15) is 14.7 Å². The highest BCUT2D eigenvalue weighted by Crippen LogP contribution is 2.45. The summed E-state index contributed by atoms with van der Waals surface area (Å²) in [5.41, 5.74) is 1.75. The number of rotatable bonds is 3. The first-order valence-electron chi connectivity index (χ1n) is 6.49. The Morgan fingerprint density at radius 1 is 1.00 bits per heavy atom. The number of para-hydroxylation sites is 1. The molecule has 0 saturated heterocycles. The zero-order valence-corrected chi connectivity index (χ0v) is 11.0. The lowest BCUT2D eigenvalue weighted by Crippen LogP contribution is -2.50. The number of fused-ring (bicyclic) bond motifs is 1. The smallest absolute Gasteiger partial charge is 0.335 e. The van der Waals surface area contributed by atoms with Gasteiger partial charge in [-0.25, -0.2) is 4.79 Å². The lowest BCUT2D eigenvalue weighted by Gasteiger charge is -2.44. The molecule has 21 heavy (non-hydrogen) atoms. The van der Waals surface area contributed by atoms with Gasteiger partial charge in [0.2, 0.25) is 0 Å². The summed E-state index contributed by atoms with van der Waals surface area (Å²) >= 11 is 0. The van der Waals surface area contributed by atoms with E-state index < -0.39 is 18.1 Å². The van der Waals surface area contributed by atoms with Gasteiger partial charge < -0.3 is 10.2 Å². The summed E-state index contributed by atoms with van der Waals surface area (Å²) in [6, 6.07) is 14.7. The van der Waals surface area contributed by atoms with Gasteiger partial charge in [0.1, 0.15) is 6.04 Å². The number of hydrogen-bond donors (Lipinski definition) is 2. The number of carboxylic acid groups (broad SMARTS) is 1. The number of carbonyl (C=O) groups excluding carboxylic acids is 1. The highest BCUT2D eigenvalue weighted by Gasteiger charge is 2.45. The van der Waals surface area contributed by atoms with Crippen LogP contribution >= 0.6 is 0 Å². The van der Waals surface area contributed by atoms with Crippen LogP contribution in [0.15, 0.2) is 54.6 Å². The molecule has 2 aromatic rings. The zero-order valence-electron chi connectivity index (χ0n) is 11.0. The minimum Gasteiger partial charge on any atom is -0.479 e. The van der Waals surface area contributed by atoms with Crippen molar-refractivity contribution in [3.63, 3.8) is 0 Å². The number of hydrogen-bond acceptors (Lipinski definition) is 3. The summed E-state index contributed by atoms with van der Waals surface area (Å²) in [5, 5.41) is 18.9. The summed E-state index contributed by atoms with van der Waals surface area (Å²) in [6.45, 7) is 0. The molecule has 5 nitrogen and oxygen atoms in total. The third kappa shape index (κ3) is 2.08. The van der Waals surface area contributed by atoms with Crippen LogP contribution in [0.25, 0.3) is 0 Å². The summed E-state index contributed by atoms with van der Waals surface area (Å²) < 4.78 is 0. The van der Waals surface area contributed by atoms with E-state index in [1.807, 2.05) is 0 Å². The number of carboxylic acids is 1. The first kappa shape index (κ1) is 13.3. The van der Waals surface area contributed by atoms with Crippen LogP contribution in [0.5, 0.6) is 0 Å². The molecule has 1 aliphatic rings. The molecule has 2 atom stereocenters. The molecular weight excluding hydrogens is 270 g/mol. The normalized spacial score (nSPS) is 17.6. The second kappa shape index (κ2) is 5.03. The van der Waals surface area contributed by atoms with Gasteiger partial charge in [-0.3, -0.25) is 9.69 Å². The number of anilines is 1. The molecular formula is C16H13NO4. The van der Waals surface area contributed by atoms with Gasteiger partial charge in [-0.2, -0.15) is 0 Å². The Bertz CT molecular complexity index is 698. The summed E-state index contributed by atoms with van der Waals surface area (Å²) in [5.74, 6) is -1.67. The summed E-state index contributed by atoms with van der Waals surface area (Å²) in [6.07, 6.45) is -1.65. The highest BCUT2D eigenvalue weighted by molar-refractivity contribution is 6.10. The monoisotopic (exact) mass is 283 g/mol. The van der Waals surface area contributed by atoms with E-state index in [1.54, 1.807) is 54.6 Å². The number of aliphatic carboxylic acids is 1. The standard InChI is InChI=1S/C16H13NO4/c18-14(16(20)21)13-11-8-4-5-9-12(11)17(13)15(19)10-6-2-1-3-7-10/h1-9,13-14,18H,(H,20,21)/t13-,14+/m0/s1. The number of benzene rings is 2. The molecule has 0 aliphatic carbocycles. The zero-order chi connectivity index (χ0) is 15.0. The predicted molar refractivity (Wildman–Crippen MR) is 76.1 cm³/mol. The Kier molecular flexibility index (Phi) is 3.19. The minimum atomic E-state index is -1.65. The molecule has 1 heterocycles. The average molecular weight is 283 g/mol. The fourth-order valence-electron chi connectivity index (χ4n) is 2.58. The molecule has 0 aromatic heterocycles. The first-order valence-corrected chi connectivity index (χ1v) is 6.49. The van der Waals surface area contributed by atoms with Crippen molar-refractivity contribution in [2.24, 2.45) is 0 Å². The Labute approximate surface area is 121 Å². The van der Waals surface area contributed by atoms with Crippen molar-refractivity contribution in [1.29, 1.82) is 0 Å². The largest absolute Gasteiger partial charge is 0.479 e. The van der Waals surface area contributed by atoms with E-state index in [0.29, 0.717) is 16.8 Å². The SMILES string of the molecule is O=C(O)[C@H](O)[C@@H]1c2ccccc2N1C(=O)c1ccccc1. The number of carbonyl (C=O) groups is 2. The lowest BCUT2D eigenvalue weighted by atomic mass is 9.88. The van der Waals surface area contributed by atoms with Crippen LogP contribution in [0.3, 0.4) is 0 Å². The topological polar surface area (TPSA) is 77.8 Å². The van der Waals surface area contributed by atoms with E-state index in [0.717, 1.165) is 0 Å². The molecule has 0 radical (unpaired) electrons. The van der Waals surface area contributed by atoms with Gasteiger partial charge in [0, 0.05) is 11.1 Å².